The van der Waals surface area contributed by atoms with Crippen LogP contribution in [0.5, 0.6) is 17.4 Å². The van der Waals surface area contributed by atoms with E-state index in [2.05, 4.69) is 34.1 Å². The Kier molecular flexibility index (Phi) is 15.0. The first-order valence-corrected chi connectivity index (χ1v) is 18.3. The summed E-state index contributed by atoms with van der Waals surface area (Å²) in [7, 11) is 0. The molecule has 2 heterocycles. The van der Waals surface area contributed by atoms with E-state index >= 15 is 0 Å². The lowest BCUT2D eigenvalue weighted by atomic mass is 10.1. The van der Waals surface area contributed by atoms with Crippen LogP contribution in [0.15, 0.2) is 109 Å². The van der Waals surface area contributed by atoms with E-state index in [1.165, 1.54) is 11.1 Å². The minimum absolute atomic E-state index is 0. The second-order valence-corrected chi connectivity index (χ2v) is 13.9. The van der Waals surface area contributed by atoms with E-state index < -0.39 is 0 Å². The zero-order valence-electron chi connectivity index (χ0n) is 29.4. The summed E-state index contributed by atoms with van der Waals surface area (Å²) in [6.45, 7) is 7.33. The maximum absolute atomic E-state index is 13.0. The highest BCUT2D eigenvalue weighted by atomic mass is 35.5. The van der Waals surface area contributed by atoms with Crippen molar-refractivity contribution in [2.45, 2.75) is 33.1 Å². The summed E-state index contributed by atoms with van der Waals surface area (Å²) >= 11 is 18.8. The van der Waals surface area contributed by atoms with Crippen LogP contribution in [-0.4, -0.2) is 53.5 Å². The number of carbonyl (C=O) groups is 1. The molecule has 0 aliphatic carbocycles. The lowest BCUT2D eigenvalue weighted by Crippen LogP contribution is -2.47. The van der Waals surface area contributed by atoms with Gasteiger partial charge in [0.05, 0.1) is 24.4 Å². The molecule has 1 saturated heterocycles. The average Bonchev–Trinajstić information content (AvgIpc) is 3.16. The number of amides is 1. The molecule has 11 heteroatoms. The molecule has 0 unspecified atom stereocenters. The lowest BCUT2D eigenvalue weighted by molar-refractivity contribution is -0.127. The van der Waals surface area contributed by atoms with E-state index in [9.17, 15) is 4.79 Å². The van der Waals surface area contributed by atoms with Crippen LogP contribution in [0.4, 0.5) is 0 Å². The molecule has 0 bridgehead atoms. The van der Waals surface area contributed by atoms with Crippen LogP contribution in [0.3, 0.4) is 0 Å². The smallest absolute Gasteiger partial charge is 0.246 e. The largest absolute Gasteiger partial charge is 0.487 e. The number of pyridine rings is 1. The molecule has 0 N–H and O–H groups in total. The van der Waals surface area contributed by atoms with Gasteiger partial charge in [0.25, 0.3) is 0 Å². The van der Waals surface area contributed by atoms with Crippen molar-refractivity contribution in [1.29, 1.82) is 0 Å². The van der Waals surface area contributed by atoms with E-state index in [0.717, 1.165) is 53.3 Å². The molecule has 4 aromatic carbocycles. The quantitative estimate of drug-likeness (QED) is 0.0824. The average molecular weight is 794 g/mol. The minimum Gasteiger partial charge on any atom is -0.487 e. The number of hydrogen-bond acceptors (Lipinski definition) is 6. The van der Waals surface area contributed by atoms with Gasteiger partial charge in [-0.3, -0.25) is 9.69 Å². The SMILES string of the molecule is Cc1cc(C=CC(=O)N2CCN(Cc3ccc(CCOCc4ccc(Cl)cc4)cc3)CC2)cc(Cl)c1Oc1ccc(OCc2ccccc2Cl)cn1.Cl. The highest BCUT2D eigenvalue weighted by Crippen LogP contribution is 2.34. The van der Waals surface area contributed by atoms with Gasteiger partial charge in [0.15, 0.2) is 5.75 Å². The number of nitrogens with zero attached hydrogens (tertiary/aromatic N) is 3. The predicted molar refractivity (Wildman–Crippen MR) is 216 cm³/mol. The lowest BCUT2D eigenvalue weighted by Gasteiger charge is -2.34. The van der Waals surface area contributed by atoms with Crippen LogP contribution in [0, 0.1) is 6.92 Å². The van der Waals surface area contributed by atoms with E-state index in [-0.39, 0.29) is 18.3 Å². The zero-order valence-corrected chi connectivity index (χ0v) is 32.4. The van der Waals surface area contributed by atoms with Crippen molar-refractivity contribution in [2.75, 3.05) is 32.8 Å². The number of hydrogen-bond donors (Lipinski definition) is 0. The topological polar surface area (TPSA) is 64.1 Å². The first kappa shape index (κ1) is 40.1. The minimum atomic E-state index is -0.0163. The fourth-order valence-electron chi connectivity index (χ4n) is 5.81. The number of ether oxygens (including phenoxy) is 3. The molecular formula is C42H41Cl4N3O4. The summed E-state index contributed by atoms with van der Waals surface area (Å²) in [5, 5.41) is 1.81. The Morgan fingerprint density at radius 3 is 2.23 bits per heavy atom. The number of carbonyl (C=O) groups excluding carboxylic acids is 1. The number of halogens is 4. The first-order valence-electron chi connectivity index (χ1n) is 17.2. The second kappa shape index (κ2) is 19.8. The third-order valence-electron chi connectivity index (χ3n) is 8.77. The van der Waals surface area contributed by atoms with Gasteiger partial charge in [-0.15, -0.1) is 12.4 Å². The van der Waals surface area contributed by atoms with Gasteiger partial charge in [-0.25, -0.2) is 4.98 Å². The van der Waals surface area contributed by atoms with Gasteiger partial charge < -0.3 is 19.1 Å². The summed E-state index contributed by atoms with van der Waals surface area (Å²) in [5.41, 5.74) is 6.16. The maximum Gasteiger partial charge on any atom is 0.246 e. The molecular weight excluding hydrogens is 752 g/mol. The summed E-state index contributed by atoms with van der Waals surface area (Å²) in [6.07, 6.45) is 5.87. The third kappa shape index (κ3) is 12.0. The molecule has 7 nitrogen and oxygen atoms in total. The molecule has 1 amide bonds. The third-order valence-corrected chi connectivity index (χ3v) is 9.67. The van der Waals surface area contributed by atoms with Gasteiger partial charge in [-0.1, -0.05) is 89.4 Å². The number of piperazine rings is 1. The summed E-state index contributed by atoms with van der Waals surface area (Å²) in [4.78, 5) is 21.7. The van der Waals surface area contributed by atoms with Crippen molar-refractivity contribution in [3.8, 4) is 17.4 Å². The second-order valence-electron chi connectivity index (χ2n) is 12.6. The molecule has 276 valence electrons. The molecule has 0 radical (unpaired) electrons. The fourth-order valence-corrected chi connectivity index (χ4v) is 6.44. The van der Waals surface area contributed by atoms with Crippen molar-refractivity contribution in [1.82, 2.24) is 14.8 Å². The zero-order chi connectivity index (χ0) is 36.3. The van der Waals surface area contributed by atoms with Crippen molar-refractivity contribution in [3.05, 3.63) is 158 Å². The van der Waals surface area contributed by atoms with Crippen molar-refractivity contribution in [2.24, 2.45) is 0 Å². The Labute approximate surface area is 332 Å². The Bertz CT molecular complexity index is 1940. The number of aromatic nitrogens is 1. The monoisotopic (exact) mass is 791 g/mol. The van der Waals surface area contributed by atoms with Gasteiger partial charge >= 0.3 is 0 Å². The number of rotatable bonds is 14. The Balaban J connectivity index is 0.00000541. The summed E-state index contributed by atoms with van der Waals surface area (Å²) < 4.78 is 17.7. The van der Waals surface area contributed by atoms with Gasteiger partial charge in [0.2, 0.25) is 11.8 Å². The van der Waals surface area contributed by atoms with Crippen molar-refractivity contribution < 1.29 is 19.0 Å². The highest BCUT2D eigenvalue weighted by Gasteiger charge is 2.20. The molecule has 1 aliphatic heterocycles. The van der Waals surface area contributed by atoms with Gasteiger partial charge in [0.1, 0.15) is 12.4 Å². The van der Waals surface area contributed by atoms with Crippen LogP contribution in [0.2, 0.25) is 15.1 Å². The Morgan fingerprint density at radius 2 is 1.53 bits per heavy atom. The van der Waals surface area contributed by atoms with Crippen LogP contribution in [0.25, 0.3) is 6.08 Å². The highest BCUT2D eigenvalue weighted by molar-refractivity contribution is 6.32. The number of aryl methyl sites for hydroxylation is 1. The molecule has 1 aliphatic rings. The standard InChI is InChI=1S/C42H40Cl3N3O4.ClH/c1-30-24-34(25-39(45)42(30)52-40-16-15-37(26-46-40)51-29-35-4-2-3-5-38(35)44)12-17-41(49)48-21-19-47(20-22-48)27-32-8-6-31(7-9-32)18-23-50-28-33-10-13-36(43)14-11-33;/h2-17,24-26H,18-23,27-29H2,1H3;1H. The first-order chi connectivity index (χ1) is 25.3. The molecule has 53 heavy (non-hydrogen) atoms. The molecule has 0 saturated carbocycles. The molecule has 5 aromatic rings. The molecule has 1 fully saturated rings. The van der Waals surface area contributed by atoms with Gasteiger partial charge in [0, 0.05) is 60.5 Å². The Hall–Kier alpha value is -4.08. The van der Waals surface area contributed by atoms with Crippen molar-refractivity contribution >= 4 is 59.2 Å². The van der Waals surface area contributed by atoms with Crippen LogP contribution in [0.1, 0.15) is 33.4 Å². The van der Waals surface area contributed by atoms with E-state index in [1.807, 2.05) is 66.4 Å². The van der Waals surface area contributed by atoms with Gasteiger partial charge in [-0.2, -0.15) is 0 Å². The van der Waals surface area contributed by atoms with Crippen LogP contribution in [-0.2, 0) is 35.7 Å². The molecule has 1 aromatic heterocycles. The molecule has 0 spiro atoms. The molecule has 0 atom stereocenters. The fraction of sp³-hybridized carbons (Fsp3) is 0.238. The summed E-state index contributed by atoms with van der Waals surface area (Å²) in [6, 6.07) is 31.2. The van der Waals surface area contributed by atoms with E-state index in [0.29, 0.717) is 60.3 Å². The van der Waals surface area contributed by atoms with Crippen molar-refractivity contribution in [3.63, 3.8) is 0 Å². The predicted octanol–water partition coefficient (Wildman–Crippen LogP) is 10.3. The van der Waals surface area contributed by atoms with Crippen LogP contribution >= 0.6 is 47.2 Å². The maximum atomic E-state index is 13.0. The Morgan fingerprint density at radius 1 is 0.811 bits per heavy atom. The normalized spacial score (nSPS) is 13.2. The van der Waals surface area contributed by atoms with E-state index in [4.69, 9.17) is 49.0 Å². The van der Waals surface area contributed by atoms with Crippen LogP contribution < -0.4 is 9.47 Å². The summed E-state index contributed by atoms with van der Waals surface area (Å²) in [5.74, 6) is 1.47. The molecule has 6 rings (SSSR count). The number of benzene rings is 4. The van der Waals surface area contributed by atoms with Gasteiger partial charge in [-0.05, 0) is 83.6 Å². The van der Waals surface area contributed by atoms with E-state index in [1.54, 1.807) is 36.5 Å².